The maximum atomic E-state index is 13.0. The van der Waals surface area contributed by atoms with E-state index in [9.17, 15) is 4.39 Å². The van der Waals surface area contributed by atoms with Crippen LogP contribution in [0.4, 0.5) is 4.39 Å². The Morgan fingerprint density at radius 2 is 2.14 bits per heavy atom. The van der Waals surface area contributed by atoms with Gasteiger partial charge in [0.1, 0.15) is 0 Å². The van der Waals surface area contributed by atoms with Crippen LogP contribution in [0.2, 0.25) is 0 Å². The summed E-state index contributed by atoms with van der Waals surface area (Å²) in [5.74, 6) is -0.545. The lowest BCUT2D eigenvalue weighted by Gasteiger charge is -2.05. The molecule has 0 bridgehead atoms. The Morgan fingerprint density at radius 1 is 1.29 bits per heavy atom. The topological polar surface area (TPSA) is 41.7 Å². The van der Waals surface area contributed by atoms with Crippen LogP contribution in [0.25, 0.3) is 5.69 Å². The van der Waals surface area contributed by atoms with Crippen molar-refractivity contribution in [3.63, 3.8) is 0 Å². The van der Waals surface area contributed by atoms with E-state index in [1.165, 1.54) is 10.6 Å². The van der Waals surface area contributed by atoms with Crippen LogP contribution in [-0.4, -0.2) is 9.55 Å². The van der Waals surface area contributed by atoms with Crippen molar-refractivity contribution in [2.75, 3.05) is 0 Å². The summed E-state index contributed by atoms with van der Waals surface area (Å²) >= 11 is 0. The molecule has 0 aliphatic heterocycles. The molecule has 2 heterocycles. The van der Waals surface area contributed by atoms with E-state index in [1.807, 2.05) is 0 Å². The minimum atomic E-state index is -0.545. The van der Waals surface area contributed by atoms with E-state index in [-0.39, 0.29) is 5.49 Å². The Kier molecular flexibility index (Phi) is 2.10. The van der Waals surface area contributed by atoms with Crippen LogP contribution in [0.1, 0.15) is 0 Å². The van der Waals surface area contributed by atoms with Gasteiger partial charge in [-0.25, -0.2) is 4.39 Å². The van der Waals surface area contributed by atoms with Crippen molar-refractivity contribution in [1.29, 1.82) is 5.41 Å². The molecule has 1 N–H and O–H groups in total. The summed E-state index contributed by atoms with van der Waals surface area (Å²) < 4.78 is 14.5. The van der Waals surface area contributed by atoms with E-state index in [0.717, 1.165) is 0 Å². The number of rotatable bonds is 1. The molecular formula is C10H8FN3. The Morgan fingerprint density at radius 3 is 2.86 bits per heavy atom. The van der Waals surface area contributed by atoms with Gasteiger partial charge in [-0.3, -0.25) is 15.0 Å². The number of hydrogen-bond acceptors (Lipinski definition) is 2. The predicted molar refractivity (Wildman–Crippen MR) is 49.4 cm³/mol. The standard InChI is InChI=1S/C10H8FN3/c11-9-4-2-6-14(10(9)12)8-3-1-5-13-7-8/h1-7,12H. The van der Waals surface area contributed by atoms with Gasteiger partial charge in [-0.15, -0.1) is 0 Å². The largest absolute Gasteiger partial charge is 0.298 e. The van der Waals surface area contributed by atoms with Crippen molar-refractivity contribution in [3.8, 4) is 5.69 Å². The second kappa shape index (κ2) is 3.41. The highest BCUT2D eigenvalue weighted by Crippen LogP contribution is 2.01. The molecule has 2 aromatic rings. The Bertz CT molecular complexity index is 490. The van der Waals surface area contributed by atoms with Gasteiger partial charge in [0.05, 0.1) is 11.9 Å². The Labute approximate surface area is 80.0 Å². The lowest BCUT2D eigenvalue weighted by atomic mass is 10.4. The summed E-state index contributed by atoms with van der Waals surface area (Å²) in [5.41, 5.74) is 0.512. The average Bonchev–Trinajstić information content (AvgIpc) is 2.23. The van der Waals surface area contributed by atoms with Crippen LogP contribution in [-0.2, 0) is 0 Å². The third-order valence-corrected chi connectivity index (χ3v) is 1.87. The summed E-state index contributed by atoms with van der Waals surface area (Å²) in [7, 11) is 0. The van der Waals surface area contributed by atoms with Gasteiger partial charge in [-0.1, -0.05) is 0 Å². The van der Waals surface area contributed by atoms with E-state index in [0.29, 0.717) is 5.69 Å². The van der Waals surface area contributed by atoms with E-state index >= 15 is 0 Å². The first-order valence-corrected chi connectivity index (χ1v) is 4.11. The number of nitrogens with one attached hydrogen (secondary N) is 1. The quantitative estimate of drug-likeness (QED) is 0.725. The van der Waals surface area contributed by atoms with E-state index in [2.05, 4.69) is 4.98 Å². The van der Waals surface area contributed by atoms with Gasteiger partial charge in [0.15, 0.2) is 11.3 Å². The normalized spacial score (nSPS) is 10.1. The number of hydrogen-bond donors (Lipinski definition) is 1. The van der Waals surface area contributed by atoms with Crippen molar-refractivity contribution in [3.05, 3.63) is 54.2 Å². The first kappa shape index (κ1) is 8.62. The molecule has 0 saturated heterocycles. The van der Waals surface area contributed by atoms with Gasteiger partial charge in [0.25, 0.3) is 0 Å². The molecule has 70 valence electrons. The molecule has 0 atom stereocenters. The zero-order chi connectivity index (χ0) is 9.97. The summed E-state index contributed by atoms with van der Waals surface area (Å²) in [4.78, 5) is 3.91. The van der Waals surface area contributed by atoms with Gasteiger partial charge < -0.3 is 0 Å². The highest BCUT2D eigenvalue weighted by atomic mass is 19.1. The molecule has 2 aromatic heterocycles. The lowest BCUT2D eigenvalue weighted by Crippen LogP contribution is -2.20. The van der Waals surface area contributed by atoms with Crippen LogP contribution >= 0.6 is 0 Å². The minimum absolute atomic E-state index is 0.166. The molecule has 4 heteroatoms. The first-order chi connectivity index (χ1) is 6.79. The third kappa shape index (κ3) is 1.42. The average molecular weight is 189 g/mol. The SMILES string of the molecule is N=c1c(F)cccn1-c1cccnc1. The molecular weight excluding hydrogens is 181 g/mol. The number of nitrogens with zero attached hydrogens (tertiary/aromatic N) is 2. The lowest BCUT2D eigenvalue weighted by molar-refractivity contribution is 0.587. The molecule has 0 aromatic carbocycles. The van der Waals surface area contributed by atoms with Gasteiger partial charge in [0, 0.05) is 12.4 Å². The number of pyridine rings is 2. The van der Waals surface area contributed by atoms with E-state index in [1.54, 1.807) is 36.8 Å². The molecule has 0 spiro atoms. The van der Waals surface area contributed by atoms with Gasteiger partial charge >= 0.3 is 0 Å². The fraction of sp³-hybridized carbons (Fsp3) is 0. The fourth-order valence-electron chi connectivity index (χ4n) is 1.19. The molecule has 0 fully saturated rings. The smallest absolute Gasteiger partial charge is 0.166 e. The fourth-order valence-corrected chi connectivity index (χ4v) is 1.19. The molecule has 0 aliphatic rings. The molecule has 2 rings (SSSR count). The first-order valence-electron chi connectivity index (χ1n) is 4.11. The molecule has 3 nitrogen and oxygen atoms in total. The van der Waals surface area contributed by atoms with Crippen molar-refractivity contribution < 1.29 is 4.39 Å². The summed E-state index contributed by atoms with van der Waals surface area (Å²) in [6.07, 6.45) is 4.84. The maximum Gasteiger partial charge on any atom is 0.166 e. The molecule has 0 amide bonds. The van der Waals surface area contributed by atoms with Gasteiger partial charge in [-0.05, 0) is 24.3 Å². The molecule has 0 saturated carbocycles. The van der Waals surface area contributed by atoms with Crippen LogP contribution in [0.5, 0.6) is 0 Å². The molecule has 0 radical (unpaired) electrons. The minimum Gasteiger partial charge on any atom is -0.298 e. The van der Waals surface area contributed by atoms with Crippen LogP contribution in [0.15, 0.2) is 42.9 Å². The zero-order valence-corrected chi connectivity index (χ0v) is 7.31. The second-order valence-electron chi connectivity index (χ2n) is 2.79. The molecule has 14 heavy (non-hydrogen) atoms. The van der Waals surface area contributed by atoms with Gasteiger partial charge in [0.2, 0.25) is 0 Å². The molecule has 0 aliphatic carbocycles. The summed E-state index contributed by atoms with van der Waals surface area (Å²) in [6.45, 7) is 0. The van der Waals surface area contributed by atoms with Crippen LogP contribution in [0, 0.1) is 11.2 Å². The van der Waals surface area contributed by atoms with Gasteiger partial charge in [-0.2, -0.15) is 0 Å². The summed E-state index contributed by atoms with van der Waals surface area (Å²) in [6, 6.07) is 6.33. The van der Waals surface area contributed by atoms with Crippen LogP contribution in [0.3, 0.4) is 0 Å². The van der Waals surface area contributed by atoms with Crippen molar-refractivity contribution in [1.82, 2.24) is 9.55 Å². The Hall–Kier alpha value is -1.97. The van der Waals surface area contributed by atoms with Crippen LogP contribution < -0.4 is 5.49 Å². The van der Waals surface area contributed by atoms with Crippen molar-refractivity contribution in [2.45, 2.75) is 0 Å². The third-order valence-electron chi connectivity index (χ3n) is 1.87. The number of halogens is 1. The van der Waals surface area contributed by atoms with Crippen molar-refractivity contribution in [2.24, 2.45) is 0 Å². The predicted octanol–water partition coefficient (Wildman–Crippen LogP) is 1.49. The Balaban J connectivity index is 2.64. The summed E-state index contributed by atoms with van der Waals surface area (Å²) in [5, 5.41) is 7.49. The van der Waals surface area contributed by atoms with Crippen molar-refractivity contribution >= 4 is 0 Å². The zero-order valence-electron chi connectivity index (χ0n) is 7.31. The number of aromatic nitrogens is 2. The maximum absolute atomic E-state index is 13.0. The van der Waals surface area contributed by atoms with E-state index < -0.39 is 5.82 Å². The van der Waals surface area contributed by atoms with E-state index in [4.69, 9.17) is 5.41 Å². The highest BCUT2D eigenvalue weighted by Gasteiger charge is 1.99. The second-order valence-corrected chi connectivity index (χ2v) is 2.79. The monoisotopic (exact) mass is 189 g/mol. The molecule has 0 unspecified atom stereocenters. The highest BCUT2D eigenvalue weighted by molar-refractivity contribution is 5.27.